The van der Waals surface area contributed by atoms with E-state index in [0.717, 1.165) is 10.8 Å². The van der Waals surface area contributed by atoms with E-state index in [1.165, 1.54) is 0 Å². The summed E-state index contributed by atoms with van der Waals surface area (Å²) in [5, 5.41) is 1.69. The fraction of sp³-hybridized carbons (Fsp3) is 0.0909. The van der Waals surface area contributed by atoms with Crippen LogP contribution in [0, 0.1) is 0 Å². The van der Waals surface area contributed by atoms with Crippen molar-refractivity contribution in [3.63, 3.8) is 0 Å². The zero-order valence-electron chi connectivity index (χ0n) is 7.85. The van der Waals surface area contributed by atoms with Crippen LogP contribution in [0.4, 0.5) is 3.89 Å². The molecule has 0 aliphatic carbocycles. The minimum Gasteiger partial charge on any atom is -0.194 e. The van der Waals surface area contributed by atoms with Crippen molar-refractivity contribution in [3.8, 4) is 0 Å². The highest BCUT2D eigenvalue weighted by Crippen LogP contribution is 2.20. The molecule has 0 bridgehead atoms. The Morgan fingerprint density at radius 1 is 1.00 bits per heavy atom. The van der Waals surface area contributed by atoms with Crippen LogP contribution in [0.3, 0.4) is 0 Å². The summed E-state index contributed by atoms with van der Waals surface area (Å²) < 4.78 is 33.7. The van der Waals surface area contributed by atoms with E-state index in [4.69, 9.17) is 0 Å². The van der Waals surface area contributed by atoms with Crippen molar-refractivity contribution in [2.45, 2.75) is 5.75 Å². The quantitative estimate of drug-likeness (QED) is 0.735. The summed E-state index contributed by atoms with van der Waals surface area (Å²) >= 11 is 0. The molecule has 2 rings (SSSR count). The van der Waals surface area contributed by atoms with Gasteiger partial charge in [-0.05, 0) is 16.3 Å². The number of hydrogen-bond donors (Lipinski definition) is 0. The molecule has 4 heteroatoms. The molecule has 0 aliphatic heterocycles. The number of hydrogen-bond acceptors (Lipinski definition) is 2. The monoisotopic (exact) mass is 224 g/mol. The summed E-state index contributed by atoms with van der Waals surface area (Å²) in [4.78, 5) is 0. The third-order valence-corrected chi connectivity index (χ3v) is 2.86. The number of benzene rings is 2. The van der Waals surface area contributed by atoms with E-state index in [2.05, 4.69) is 0 Å². The van der Waals surface area contributed by atoms with Gasteiger partial charge in [0.2, 0.25) is 0 Å². The van der Waals surface area contributed by atoms with Crippen LogP contribution in [-0.4, -0.2) is 8.42 Å². The molecule has 0 amide bonds. The van der Waals surface area contributed by atoms with Gasteiger partial charge in [0, 0.05) is 0 Å². The fourth-order valence-corrected chi connectivity index (χ4v) is 2.23. The van der Waals surface area contributed by atoms with Gasteiger partial charge < -0.3 is 0 Å². The molecule has 0 N–H and O–H groups in total. The molecule has 0 atom stereocenters. The van der Waals surface area contributed by atoms with Crippen LogP contribution in [-0.2, 0) is 16.0 Å². The second-order valence-corrected chi connectivity index (χ2v) is 4.69. The van der Waals surface area contributed by atoms with Gasteiger partial charge in [0.25, 0.3) is 0 Å². The molecule has 0 radical (unpaired) electrons. The molecule has 0 spiro atoms. The maximum atomic E-state index is 12.6. The first-order chi connectivity index (χ1) is 7.06. The third-order valence-electron chi connectivity index (χ3n) is 2.21. The van der Waals surface area contributed by atoms with Crippen molar-refractivity contribution < 1.29 is 12.3 Å². The summed E-state index contributed by atoms with van der Waals surface area (Å²) in [5.74, 6) is -0.561. The standard InChI is InChI=1S/C11H9FO2S/c12-15(13,14)8-10-6-3-5-9-4-1-2-7-11(9)10/h1-7H,8H2. The molecule has 2 aromatic carbocycles. The summed E-state index contributed by atoms with van der Waals surface area (Å²) in [6.07, 6.45) is 0. The Balaban J connectivity index is 2.61. The topological polar surface area (TPSA) is 34.1 Å². The van der Waals surface area contributed by atoms with Crippen LogP contribution in [0.25, 0.3) is 10.8 Å². The van der Waals surface area contributed by atoms with Crippen LogP contribution in [0.5, 0.6) is 0 Å². The number of halogens is 1. The molecule has 0 saturated carbocycles. The van der Waals surface area contributed by atoms with Gasteiger partial charge >= 0.3 is 10.2 Å². The van der Waals surface area contributed by atoms with Gasteiger partial charge in [-0.1, -0.05) is 42.5 Å². The van der Waals surface area contributed by atoms with Gasteiger partial charge in [-0.25, -0.2) is 0 Å². The molecule has 0 unspecified atom stereocenters. The van der Waals surface area contributed by atoms with E-state index in [1.54, 1.807) is 24.3 Å². The van der Waals surface area contributed by atoms with Crippen molar-refractivity contribution in [2.75, 3.05) is 0 Å². The van der Waals surface area contributed by atoms with Gasteiger partial charge in [0.15, 0.2) is 0 Å². The SMILES string of the molecule is O=S(=O)(F)Cc1cccc2ccccc12. The molecule has 0 fully saturated rings. The third kappa shape index (κ3) is 2.33. The molecule has 2 aromatic rings. The highest BCUT2D eigenvalue weighted by Gasteiger charge is 2.10. The van der Waals surface area contributed by atoms with Crippen LogP contribution in [0.1, 0.15) is 5.56 Å². The van der Waals surface area contributed by atoms with E-state index in [0.29, 0.717) is 5.56 Å². The summed E-state index contributed by atoms with van der Waals surface area (Å²) in [7, 11) is -4.47. The maximum Gasteiger partial charge on any atom is 0.306 e. The second-order valence-electron chi connectivity index (χ2n) is 3.32. The molecular formula is C11H9FO2S. The number of rotatable bonds is 2. The Morgan fingerprint density at radius 2 is 1.67 bits per heavy atom. The maximum absolute atomic E-state index is 12.6. The van der Waals surface area contributed by atoms with E-state index < -0.39 is 16.0 Å². The molecule has 0 aromatic heterocycles. The van der Waals surface area contributed by atoms with E-state index >= 15 is 0 Å². The first-order valence-corrected chi connectivity index (χ1v) is 6.00. The highest BCUT2D eigenvalue weighted by atomic mass is 32.3. The first kappa shape index (κ1) is 10.1. The average molecular weight is 224 g/mol. The van der Waals surface area contributed by atoms with E-state index in [9.17, 15) is 12.3 Å². The lowest BCUT2D eigenvalue weighted by Gasteiger charge is -2.03. The van der Waals surface area contributed by atoms with Gasteiger partial charge in [0.05, 0.1) is 0 Å². The second kappa shape index (κ2) is 3.62. The van der Waals surface area contributed by atoms with Crippen LogP contribution in [0.2, 0.25) is 0 Å². The predicted molar refractivity (Wildman–Crippen MR) is 57.7 cm³/mol. The zero-order valence-corrected chi connectivity index (χ0v) is 8.67. The minimum absolute atomic E-state index is 0.496. The lowest BCUT2D eigenvalue weighted by Crippen LogP contribution is -1.96. The molecule has 78 valence electrons. The van der Waals surface area contributed by atoms with Crippen LogP contribution in [0.15, 0.2) is 42.5 Å². The summed E-state index contributed by atoms with van der Waals surface area (Å²) in [6.45, 7) is 0. The number of fused-ring (bicyclic) bond motifs is 1. The molecule has 15 heavy (non-hydrogen) atoms. The Hall–Kier alpha value is -1.42. The van der Waals surface area contributed by atoms with Gasteiger partial charge in [-0.3, -0.25) is 0 Å². The fourth-order valence-electron chi connectivity index (χ4n) is 1.60. The average Bonchev–Trinajstić information content (AvgIpc) is 2.16. The van der Waals surface area contributed by atoms with E-state index in [-0.39, 0.29) is 0 Å². The molecular weight excluding hydrogens is 215 g/mol. The Labute approximate surface area is 87.6 Å². The molecule has 0 heterocycles. The summed E-state index contributed by atoms with van der Waals surface area (Å²) in [6, 6.07) is 12.5. The van der Waals surface area contributed by atoms with Crippen LogP contribution >= 0.6 is 0 Å². The molecule has 2 nitrogen and oxygen atoms in total. The zero-order chi connectivity index (χ0) is 10.9. The molecule has 0 aliphatic rings. The Kier molecular flexibility index (Phi) is 2.44. The predicted octanol–water partition coefficient (Wildman–Crippen LogP) is 2.64. The van der Waals surface area contributed by atoms with Crippen LogP contribution < -0.4 is 0 Å². The largest absolute Gasteiger partial charge is 0.306 e. The first-order valence-electron chi connectivity index (χ1n) is 4.45. The van der Waals surface area contributed by atoms with Crippen molar-refractivity contribution in [2.24, 2.45) is 0 Å². The smallest absolute Gasteiger partial charge is 0.194 e. The lowest BCUT2D eigenvalue weighted by atomic mass is 10.1. The van der Waals surface area contributed by atoms with Gasteiger partial charge in [-0.15, -0.1) is 3.89 Å². The Morgan fingerprint density at radius 3 is 2.40 bits per heavy atom. The van der Waals surface area contributed by atoms with Crippen molar-refractivity contribution in [1.29, 1.82) is 0 Å². The van der Waals surface area contributed by atoms with Gasteiger partial charge in [0.1, 0.15) is 5.75 Å². The summed E-state index contributed by atoms with van der Waals surface area (Å²) in [5.41, 5.74) is 0.496. The normalized spacial score (nSPS) is 11.8. The van der Waals surface area contributed by atoms with Crippen molar-refractivity contribution in [1.82, 2.24) is 0 Å². The molecule has 0 saturated heterocycles. The highest BCUT2D eigenvalue weighted by molar-refractivity contribution is 7.85. The minimum atomic E-state index is -4.47. The lowest BCUT2D eigenvalue weighted by molar-refractivity contribution is 0.551. The van der Waals surface area contributed by atoms with E-state index in [1.807, 2.05) is 18.2 Å². The van der Waals surface area contributed by atoms with Gasteiger partial charge in [-0.2, -0.15) is 8.42 Å². The van der Waals surface area contributed by atoms with Crippen molar-refractivity contribution >= 4 is 21.0 Å². The Bertz CT molecular complexity index is 585. The van der Waals surface area contributed by atoms with Crippen molar-refractivity contribution in [3.05, 3.63) is 48.0 Å².